The first-order chi connectivity index (χ1) is 9.72. The molecule has 0 aromatic heterocycles. The highest BCUT2D eigenvalue weighted by Crippen LogP contribution is 2.41. The van der Waals surface area contributed by atoms with E-state index in [0.29, 0.717) is 6.04 Å². The van der Waals surface area contributed by atoms with Crippen molar-refractivity contribution in [2.45, 2.75) is 57.1 Å². The van der Waals surface area contributed by atoms with Crippen molar-refractivity contribution < 1.29 is 4.74 Å². The van der Waals surface area contributed by atoms with Gasteiger partial charge in [0.15, 0.2) is 0 Å². The summed E-state index contributed by atoms with van der Waals surface area (Å²) in [6.45, 7) is 4.20. The Morgan fingerprint density at radius 2 is 1.95 bits per heavy atom. The highest BCUT2D eigenvalue weighted by Gasteiger charge is 2.41. The average Bonchev–Trinajstić information content (AvgIpc) is 2.90. The van der Waals surface area contributed by atoms with Crippen molar-refractivity contribution >= 4 is 11.4 Å². The standard InChI is InChI=1S/C17H26N2O/c1-2-19(15-7-5-14(18)6-8-15)16-9-12-20-17(13-16)10-3-4-11-17/h5-8,16H,2-4,9-13,18H2,1H3. The molecule has 0 amide bonds. The molecule has 1 aromatic rings. The molecule has 3 nitrogen and oxygen atoms in total. The lowest BCUT2D eigenvalue weighted by Gasteiger charge is -2.43. The van der Waals surface area contributed by atoms with Crippen LogP contribution in [-0.4, -0.2) is 24.8 Å². The SMILES string of the molecule is CCN(c1ccc(N)cc1)C1CCOC2(CCCC2)C1. The summed E-state index contributed by atoms with van der Waals surface area (Å²) in [5, 5.41) is 0. The number of nitrogen functional groups attached to an aromatic ring is 1. The molecule has 2 N–H and O–H groups in total. The first kappa shape index (κ1) is 13.7. The van der Waals surface area contributed by atoms with Gasteiger partial charge in [-0.25, -0.2) is 0 Å². The van der Waals surface area contributed by atoms with Crippen LogP contribution in [0.2, 0.25) is 0 Å². The minimum absolute atomic E-state index is 0.185. The molecule has 1 atom stereocenters. The maximum atomic E-state index is 6.16. The molecule has 2 fully saturated rings. The first-order valence-corrected chi connectivity index (χ1v) is 7.99. The van der Waals surface area contributed by atoms with Crippen LogP contribution >= 0.6 is 0 Å². The lowest BCUT2D eigenvalue weighted by molar-refractivity contribution is -0.0799. The number of nitrogens with zero attached hydrogens (tertiary/aromatic N) is 1. The van der Waals surface area contributed by atoms with Crippen molar-refractivity contribution in [3.8, 4) is 0 Å². The maximum Gasteiger partial charge on any atom is 0.0702 e. The number of anilines is 2. The predicted octanol–water partition coefficient (Wildman–Crippen LogP) is 3.59. The van der Waals surface area contributed by atoms with E-state index in [2.05, 4.69) is 24.0 Å². The molecular weight excluding hydrogens is 248 g/mol. The van der Waals surface area contributed by atoms with Gasteiger partial charge < -0.3 is 15.4 Å². The van der Waals surface area contributed by atoms with E-state index in [1.807, 2.05) is 12.1 Å². The zero-order valence-electron chi connectivity index (χ0n) is 12.5. The summed E-state index contributed by atoms with van der Waals surface area (Å²) >= 11 is 0. The molecule has 1 heterocycles. The molecule has 3 heteroatoms. The number of ether oxygens (including phenoxy) is 1. The third-order valence-electron chi connectivity index (χ3n) is 4.99. The van der Waals surface area contributed by atoms with Crippen LogP contribution in [0, 0.1) is 0 Å². The van der Waals surface area contributed by atoms with Gasteiger partial charge in [0.1, 0.15) is 0 Å². The fourth-order valence-electron chi connectivity index (χ4n) is 3.95. The minimum Gasteiger partial charge on any atom is -0.399 e. The van der Waals surface area contributed by atoms with E-state index in [-0.39, 0.29) is 5.60 Å². The number of nitrogens with two attached hydrogens (primary N) is 1. The van der Waals surface area contributed by atoms with E-state index in [4.69, 9.17) is 10.5 Å². The number of hydrogen-bond donors (Lipinski definition) is 1. The maximum absolute atomic E-state index is 6.16. The van der Waals surface area contributed by atoms with E-state index in [0.717, 1.165) is 25.3 Å². The highest BCUT2D eigenvalue weighted by atomic mass is 16.5. The fraction of sp³-hybridized carbons (Fsp3) is 0.647. The van der Waals surface area contributed by atoms with Crippen molar-refractivity contribution in [3.63, 3.8) is 0 Å². The van der Waals surface area contributed by atoms with E-state index in [1.165, 1.54) is 37.8 Å². The smallest absolute Gasteiger partial charge is 0.0702 e. The van der Waals surface area contributed by atoms with Gasteiger partial charge in [0, 0.05) is 30.6 Å². The van der Waals surface area contributed by atoms with Crippen LogP contribution in [-0.2, 0) is 4.74 Å². The van der Waals surface area contributed by atoms with Crippen molar-refractivity contribution in [2.75, 3.05) is 23.8 Å². The third-order valence-corrected chi connectivity index (χ3v) is 4.99. The molecule has 110 valence electrons. The quantitative estimate of drug-likeness (QED) is 0.856. The van der Waals surface area contributed by atoms with Crippen LogP contribution in [0.4, 0.5) is 11.4 Å². The molecule has 1 aliphatic carbocycles. The molecule has 2 aliphatic rings. The molecule has 0 radical (unpaired) electrons. The normalized spacial score (nSPS) is 24.9. The van der Waals surface area contributed by atoms with Crippen LogP contribution in [0.15, 0.2) is 24.3 Å². The fourth-order valence-corrected chi connectivity index (χ4v) is 3.95. The molecule has 1 spiro atoms. The molecule has 1 saturated heterocycles. The number of rotatable bonds is 3. The van der Waals surface area contributed by atoms with Crippen molar-refractivity contribution in [2.24, 2.45) is 0 Å². The average molecular weight is 274 g/mol. The monoisotopic (exact) mass is 274 g/mol. The van der Waals surface area contributed by atoms with Crippen LogP contribution in [0.1, 0.15) is 45.4 Å². The number of benzene rings is 1. The second-order valence-corrected chi connectivity index (χ2v) is 6.26. The zero-order valence-corrected chi connectivity index (χ0v) is 12.5. The second-order valence-electron chi connectivity index (χ2n) is 6.26. The van der Waals surface area contributed by atoms with Crippen molar-refractivity contribution in [1.82, 2.24) is 0 Å². The van der Waals surface area contributed by atoms with E-state index < -0.39 is 0 Å². The Morgan fingerprint density at radius 3 is 2.60 bits per heavy atom. The number of hydrogen-bond acceptors (Lipinski definition) is 3. The molecule has 20 heavy (non-hydrogen) atoms. The summed E-state index contributed by atoms with van der Waals surface area (Å²) < 4.78 is 6.16. The highest BCUT2D eigenvalue weighted by molar-refractivity contribution is 5.53. The van der Waals surface area contributed by atoms with Gasteiger partial charge in [0.05, 0.1) is 5.60 Å². The Morgan fingerprint density at radius 1 is 1.25 bits per heavy atom. The summed E-state index contributed by atoms with van der Waals surface area (Å²) in [4.78, 5) is 2.53. The first-order valence-electron chi connectivity index (χ1n) is 7.99. The van der Waals surface area contributed by atoms with Crippen LogP contribution in [0.3, 0.4) is 0 Å². The molecule has 1 aromatic carbocycles. The Labute approximate surface area is 122 Å². The van der Waals surface area contributed by atoms with Gasteiger partial charge in [0.2, 0.25) is 0 Å². The lowest BCUT2D eigenvalue weighted by atomic mass is 9.88. The summed E-state index contributed by atoms with van der Waals surface area (Å²) in [7, 11) is 0. The van der Waals surface area contributed by atoms with Crippen LogP contribution in [0.5, 0.6) is 0 Å². The summed E-state index contributed by atoms with van der Waals surface area (Å²) in [6, 6.07) is 8.91. The van der Waals surface area contributed by atoms with Crippen molar-refractivity contribution in [1.29, 1.82) is 0 Å². The summed E-state index contributed by atoms with van der Waals surface area (Å²) in [5.74, 6) is 0. The predicted molar refractivity (Wildman–Crippen MR) is 84.0 cm³/mol. The van der Waals surface area contributed by atoms with Crippen LogP contribution < -0.4 is 10.6 Å². The Hall–Kier alpha value is -1.22. The van der Waals surface area contributed by atoms with E-state index in [1.54, 1.807) is 0 Å². The van der Waals surface area contributed by atoms with E-state index >= 15 is 0 Å². The molecule has 1 unspecified atom stereocenters. The largest absolute Gasteiger partial charge is 0.399 e. The lowest BCUT2D eigenvalue weighted by Crippen LogP contribution is -2.47. The molecule has 0 bridgehead atoms. The molecule has 3 rings (SSSR count). The van der Waals surface area contributed by atoms with Crippen LogP contribution in [0.25, 0.3) is 0 Å². The summed E-state index contributed by atoms with van der Waals surface area (Å²) in [6.07, 6.45) is 7.50. The van der Waals surface area contributed by atoms with Gasteiger partial charge in [-0.3, -0.25) is 0 Å². The molecule has 1 aliphatic heterocycles. The van der Waals surface area contributed by atoms with Gasteiger partial charge in [-0.1, -0.05) is 12.8 Å². The molecule has 1 saturated carbocycles. The Balaban J connectivity index is 1.76. The summed E-state index contributed by atoms with van der Waals surface area (Å²) in [5.41, 5.74) is 8.12. The van der Waals surface area contributed by atoms with Gasteiger partial charge >= 0.3 is 0 Å². The van der Waals surface area contributed by atoms with Gasteiger partial charge in [0.25, 0.3) is 0 Å². The topological polar surface area (TPSA) is 38.5 Å². The van der Waals surface area contributed by atoms with Gasteiger partial charge in [-0.05, 0) is 56.9 Å². The second kappa shape index (κ2) is 5.65. The third kappa shape index (κ3) is 2.64. The Bertz CT molecular complexity index is 437. The van der Waals surface area contributed by atoms with Crippen molar-refractivity contribution in [3.05, 3.63) is 24.3 Å². The Kier molecular flexibility index (Phi) is 3.88. The van der Waals surface area contributed by atoms with Gasteiger partial charge in [-0.2, -0.15) is 0 Å². The minimum atomic E-state index is 0.185. The zero-order chi connectivity index (χ0) is 14.0. The van der Waals surface area contributed by atoms with E-state index in [9.17, 15) is 0 Å². The van der Waals surface area contributed by atoms with Gasteiger partial charge in [-0.15, -0.1) is 0 Å². The molecular formula is C17H26N2O.